The molecule has 4 aromatic rings. The van der Waals surface area contributed by atoms with Crippen molar-refractivity contribution in [1.82, 2.24) is 9.97 Å². The fourth-order valence-electron chi connectivity index (χ4n) is 5.14. The van der Waals surface area contributed by atoms with Crippen LogP contribution in [0.3, 0.4) is 0 Å². The maximum Gasteiger partial charge on any atom is 0.230 e. The first-order valence-corrected chi connectivity index (χ1v) is 11.4. The van der Waals surface area contributed by atoms with Gasteiger partial charge in [-0.3, -0.25) is 14.8 Å². The van der Waals surface area contributed by atoms with E-state index in [2.05, 4.69) is 70.6 Å². The maximum absolute atomic E-state index is 13.7. The lowest BCUT2D eigenvalue weighted by Crippen LogP contribution is -2.12. The number of carbonyl (C=O) groups excluding carboxylic acids is 1. The van der Waals surface area contributed by atoms with Crippen molar-refractivity contribution in [2.45, 2.75) is 36.5 Å². The summed E-state index contributed by atoms with van der Waals surface area (Å²) in [6.45, 7) is 0. The van der Waals surface area contributed by atoms with Gasteiger partial charge in [0.1, 0.15) is 11.4 Å². The number of hydrogen-bond donors (Lipinski definition) is 0. The van der Waals surface area contributed by atoms with Gasteiger partial charge in [0.25, 0.3) is 0 Å². The monoisotopic (exact) mass is 416 g/mol. The highest BCUT2D eigenvalue weighted by Gasteiger charge is 2.44. The van der Waals surface area contributed by atoms with Crippen LogP contribution in [0.2, 0.25) is 0 Å². The van der Waals surface area contributed by atoms with Gasteiger partial charge >= 0.3 is 0 Å². The third kappa shape index (κ3) is 3.44. The van der Waals surface area contributed by atoms with Crippen LogP contribution in [-0.2, 0) is 0 Å². The van der Waals surface area contributed by atoms with Crippen LogP contribution >= 0.6 is 0 Å². The molecule has 2 fully saturated rings. The first kappa shape index (κ1) is 19.1. The molecule has 3 heteroatoms. The van der Waals surface area contributed by atoms with E-state index in [0.29, 0.717) is 35.1 Å². The molecule has 0 aliphatic heterocycles. The SMILES string of the molecule is O=C(c1ncccc1C1CC1c1ccccc1)c1ncccc1C1CC1c1ccccc1. The van der Waals surface area contributed by atoms with Gasteiger partial charge in [-0.05, 0) is 70.9 Å². The zero-order valence-corrected chi connectivity index (χ0v) is 17.8. The number of hydrogen-bond acceptors (Lipinski definition) is 3. The Balaban J connectivity index is 1.30. The third-order valence-corrected chi connectivity index (χ3v) is 6.94. The molecule has 2 saturated carbocycles. The largest absolute Gasteiger partial charge is 0.285 e. The van der Waals surface area contributed by atoms with Crippen molar-refractivity contribution in [2.24, 2.45) is 0 Å². The predicted molar refractivity (Wildman–Crippen MR) is 125 cm³/mol. The van der Waals surface area contributed by atoms with Crippen LogP contribution in [0.5, 0.6) is 0 Å². The molecule has 0 radical (unpaired) electrons. The molecular formula is C29H24N2O. The Morgan fingerprint density at radius 2 is 1.00 bits per heavy atom. The second-order valence-electron chi connectivity index (χ2n) is 8.93. The molecule has 4 atom stereocenters. The Morgan fingerprint density at radius 3 is 1.44 bits per heavy atom. The highest BCUT2D eigenvalue weighted by molar-refractivity contribution is 6.08. The molecule has 3 nitrogen and oxygen atoms in total. The maximum atomic E-state index is 13.7. The number of nitrogens with zero attached hydrogens (tertiary/aromatic N) is 2. The molecule has 2 heterocycles. The Morgan fingerprint density at radius 1 is 0.562 bits per heavy atom. The van der Waals surface area contributed by atoms with E-state index >= 15 is 0 Å². The molecule has 156 valence electrons. The molecule has 0 bridgehead atoms. The van der Waals surface area contributed by atoms with Crippen molar-refractivity contribution in [3.05, 3.63) is 131 Å². The van der Waals surface area contributed by atoms with Crippen molar-refractivity contribution in [3.63, 3.8) is 0 Å². The molecule has 2 aliphatic rings. The second-order valence-corrected chi connectivity index (χ2v) is 8.93. The smallest absolute Gasteiger partial charge is 0.230 e. The summed E-state index contributed by atoms with van der Waals surface area (Å²) in [4.78, 5) is 22.8. The van der Waals surface area contributed by atoms with Gasteiger partial charge in [-0.2, -0.15) is 0 Å². The van der Waals surface area contributed by atoms with Crippen LogP contribution in [0.1, 0.15) is 74.9 Å². The fraction of sp³-hybridized carbons (Fsp3) is 0.207. The highest BCUT2D eigenvalue weighted by atomic mass is 16.1. The second kappa shape index (κ2) is 7.83. The summed E-state index contributed by atoms with van der Waals surface area (Å²) in [5.41, 5.74) is 5.90. The lowest BCUT2D eigenvalue weighted by atomic mass is 9.96. The topological polar surface area (TPSA) is 42.9 Å². The average Bonchev–Trinajstić information content (AvgIpc) is 3.79. The van der Waals surface area contributed by atoms with Crippen molar-refractivity contribution in [2.75, 3.05) is 0 Å². The molecule has 32 heavy (non-hydrogen) atoms. The summed E-state index contributed by atoms with van der Waals surface area (Å²) in [6.07, 6.45) is 5.57. The van der Waals surface area contributed by atoms with Gasteiger partial charge < -0.3 is 0 Å². The van der Waals surface area contributed by atoms with Crippen molar-refractivity contribution >= 4 is 5.78 Å². The summed E-state index contributed by atoms with van der Waals surface area (Å²) < 4.78 is 0. The Kier molecular flexibility index (Phi) is 4.68. The third-order valence-electron chi connectivity index (χ3n) is 6.94. The molecule has 2 aromatic carbocycles. The normalized spacial score (nSPS) is 23.5. The summed E-state index contributed by atoms with van der Waals surface area (Å²) in [6, 6.07) is 29.2. The van der Waals surface area contributed by atoms with Crippen LogP contribution in [0.15, 0.2) is 97.3 Å². The minimum absolute atomic E-state index is 0.0476. The van der Waals surface area contributed by atoms with Gasteiger partial charge in [-0.25, -0.2) is 0 Å². The standard InChI is InChI=1S/C29H24N2O/c32-29(27-21(13-7-15-30-27)25-17-23(25)19-9-3-1-4-10-19)28-22(14-8-16-31-28)26-18-24(26)20-11-5-2-6-12-20/h1-16,23-26H,17-18H2. The lowest BCUT2D eigenvalue weighted by molar-refractivity contribution is 0.102. The minimum Gasteiger partial charge on any atom is -0.285 e. The number of pyridine rings is 2. The van der Waals surface area contributed by atoms with E-state index in [1.165, 1.54) is 11.1 Å². The van der Waals surface area contributed by atoms with Gasteiger partial charge in [0.15, 0.2) is 0 Å². The molecular weight excluding hydrogens is 392 g/mol. The van der Waals surface area contributed by atoms with Crippen LogP contribution in [0, 0.1) is 0 Å². The molecule has 2 aliphatic carbocycles. The molecule has 0 saturated heterocycles. The van der Waals surface area contributed by atoms with E-state index in [0.717, 1.165) is 24.0 Å². The molecule has 0 amide bonds. The van der Waals surface area contributed by atoms with Crippen molar-refractivity contribution in [1.29, 1.82) is 0 Å². The van der Waals surface area contributed by atoms with Crippen LogP contribution < -0.4 is 0 Å². The first-order chi connectivity index (χ1) is 15.8. The predicted octanol–water partition coefficient (Wildman–Crippen LogP) is 6.25. The zero-order valence-electron chi connectivity index (χ0n) is 17.8. The summed E-state index contributed by atoms with van der Waals surface area (Å²) in [7, 11) is 0. The molecule has 2 aromatic heterocycles. The fourth-order valence-corrected chi connectivity index (χ4v) is 5.14. The lowest BCUT2D eigenvalue weighted by Gasteiger charge is -2.11. The number of carbonyl (C=O) groups is 1. The molecule has 0 N–H and O–H groups in total. The average molecular weight is 417 g/mol. The Bertz CT molecular complexity index is 1170. The Labute approximate surface area is 188 Å². The van der Waals surface area contributed by atoms with E-state index in [9.17, 15) is 4.79 Å². The number of aromatic nitrogens is 2. The van der Waals surface area contributed by atoms with Gasteiger partial charge in [-0.1, -0.05) is 72.8 Å². The molecule has 0 spiro atoms. The van der Waals surface area contributed by atoms with Gasteiger partial charge in [0.05, 0.1) is 0 Å². The van der Waals surface area contributed by atoms with E-state index < -0.39 is 0 Å². The van der Waals surface area contributed by atoms with E-state index in [-0.39, 0.29) is 5.78 Å². The van der Waals surface area contributed by atoms with Crippen molar-refractivity contribution in [3.8, 4) is 0 Å². The summed E-state index contributed by atoms with van der Waals surface area (Å²) in [5.74, 6) is 1.56. The van der Waals surface area contributed by atoms with Gasteiger partial charge in [0, 0.05) is 12.4 Å². The Hall–Kier alpha value is -3.59. The summed E-state index contributed by atoms with van der Waals surface area (Å²) in [5, 5.41) is 0. The van der Waals surface area contributed by atoms with E-state index in [4.69, 9.17) is 0 Å². The van der Waals surface area contributed by atoms with Crippen molar-refractivity contribution < 1.29 is 4.79 Å². The quantitative estimate of drug-likeness (QED) is 0.349. The summed E-state index contributed by atoms with van der Waals surface area (Å²) >= 11 is 0. The van der Waals surface area contributed by atoms with E-state index in [1.54, 1.807) is 12.4 Å². The molecule has 6 rings (SSSR count). The zero-order chi connectivity index (χ0) is 21.5. The van der Waals surface area contributed by atoms with Crippen LogP contribution in [-0.4, -0.2) is 15.8 Å². The highest BCUT2D eigenvalue weighted by Crippen LogP contribution is 2.56. The van der Waals surface area contributed by atoms with Gasteiger partial charge in [0.2, 0.25) is 5.78 Å². The number of benzene rings is 2. The van der Waals surface area contributed by atoms with Crippen LogP contribution in [0.25, 0.3) is 0 Å². The van der Waals surface area contributed by atoms with E-state index in [1.807, 2.05) is 24.3 Å². The first-order valence-electron chi connectivity index (χ1n) is 11.4. The number of rotatable bonds is 6. The molecule has 4 unspecified atom stereocenters. The minimum atomic E-state index is -0.0476. The van der Waals surface area contributed by atoms with Gasteiger partial charge in [-0.15, -0.1) is 0 Å². The number of ketones is 1. The van der Waals surface area contributed by atoms with Crippen LogP contribution in [0.4, 0.5) is 0 Å².